The second-order valence-electron chi connectivity index (χ2n) is 4.86. The molecule has 2 N–H and O–H groups in total. The Bertz CT molecular complexity index is 848. The minimum atomic E-state index is -0.289. The minimum absolute atomic E-state index is 0.261. The van der Waals surface area contributed by atoms with Gasteiger partial charge in [-0.2, -0.15) is 9.78 Å². The Balaban J connectivity index is 2.08. The minimum Gasteiger partial charge on any atom is -0.451 e. The van der Waals surface area contributed by atoms with Gasteiger partial charge in [0, 0.05) is 27.7 Å². The van der Waals surface area contributed by atoms with Gasteiger partial charge in [0.05, 0.1) is 5.69 Å². The molecule has 0 aliphatic carbocycles. The van der Waals surface area contributed by atoms with Crippen molar-refractivity contribution in [2.45, 2.75) is 20.4 Å². The third kappa shape index (κ3) is 2.30. The summed E-state index contributed by atoms with van der Waals surface area (Å²) in [6.45, 7) is 4.03. The second-order valence-corrected chi connectivity index (χ2v) is 5.78. The van der Waals surface area contributed by atoms with Crippen LogP contribution in [0.5, 0.6) is 0 Å². The molecule has 5 nitrogen and oxygen atoms in total. The molecule has 0 aliphatic rings. The fraction of sp³-hybridized carbons (Fsp3) is 0.200. The molecular weight excluding hydrogens is 334 g/mol. The number of aryl methyl sites for hydroxylation is 1. The lowest BCUT2D eigenvalue weighted by molar-refractivity contribution is 0.0916. The monoisotopic (exact) mass is 347 g/mol. The highest BCUT2D eigenvalue weighted by molar-refractivity contribution is 9.10. The molecule has 3 aromatic rings. The number of carbonyl (C=O) groups excluding carboxylic acids is 1. The molecule has 2 heterocycles. The van der Waals surface area contributed by atoms with Crippen molar-refractivity contribution in [3.63, 3.8) is 0 Å². The first-order chi connectivity index (χ1) is 10.0. The lowest BCUT2D eigenvalue weighted by Crippen LogP contribution is -2.15. The zero-order chi connectivity index (χ0) is 15.1. The predicted octanol–water partition coefficient (Wildman–Crippen LogP) is 3.16. The molecule has 3 rings (SSSR count). The normalized spacial score (nSPS) is 11.2. The summed E-state index contributed by atoms with van der Waals surface area (Å²) in [4.78, 5) is 12.6. The Hall–Kier alpha value is -1.92. The first-order valence-corrected chi connectivity index (χ1v) is 7.29. The van der Waals surface area contributed by atoms with Gasteiger partial charge >= 0.3 is 5.91 Å². The molecule has 21 heavy (non-hydrogen) atoms. The van der Waals surface area contributed by atoms with Crippen LogP contribution in [0.3, 0.4) is 0 Å². The zero-order valence-corrected chi connectivity index (χ0v) is 13.3. The van der Waals surface area contributed by atoms with Gasteiger partial charge in [0.25, 0.3) is 0 Å². The largest absolute Gasteiger partial charge is 0.451 e. The number of aromatic nitrogens is 2. The van der Waals surface area contributed by atoms with Gasteiger partial charge in [0.15, 0.2) is 5.76 Å². The van der Waals surface area contributed by atoms with Crippen molar-refractivity contribution in [2.75, 3.05) is 0 Å². The summed E-state index contributed by atoms with van der Waals surface area (Å²) in [6.07, 6.45) is 0. The van der Waals surface area contributed by atoms with Crippen molar-refractivity contribution < 1.29 is 9.21 Å². The number of furan rings is 1. The number of hydrogen-bond donors (Lipinski definition) is 1. The summed E-state index contributed by atoms with van der Waals surface area (Å²) in [7, 11) is 0. The molecule has 1 aromatic carbocycles. The van der Waals surface area contributed by atoms with E-state index in [0.29, 0.717) is 12.1 Å². The number of rotatable bonds is 2. The van der Waals surface area contributed by atoms with Crippen LogP contribution < -0.4 is 5.73 Å². The third-order valence-corrected chi connectivity index (χ3v) is 4.02. The van der Waals surface area contributed by atoms with Gasteiger partial charge in [-0.15, -0.1) is 0 Å². The molecule has 0 bridgehead atoms. The molecule has 6 heteroatoms. The van der Waals surface area contributed by atoms with E-state index in [4.69, 9.17) is 10.2 Å². The number of halogens is 1. The van der Waals surface area contributed by atoms with Crippen LogP contribution in [0.1, 0.15) is 27.5 Å². The number of nitrogens with zero attached hydrogens (tertiary/aromatic N) is 2. The SMILES string of the molecule is Cc1nn(C(=O)c2cc3ccc(Br)cc3o2)c(C)c1CN. The number of carbonyl (C=O) groups is 1. The van der Waals surface area contributed by atoms with Crippen LogP contribution in [-0.2, 0) is 6.54 Å². The van der Waals surface area contributed by atoms with E-state index >= 15 is 0 Å². The lowest BCUT2D eigenvalue weighted by atomic mass is 10.2. The van der Waals surface area contributed by atoms with E-state index in [1.165, 1.54) is 4.68 Å². The summed E-state index contributed by atoms with van der Waals surface area (Å²) in [5.41, 5.74) is 8.76. The Labute approximate surface area is 129 Å². The fourth-order valence-corrected chi connectivity index (χ4v) is 2.72. The molecule has 0 spiro atoms. The molecule has 0 aliphatic heterocycles. The van der Waals surface area contributed by atoms with E-state index in [-0.39, 0.29) is 11.7 Å². The molecule has 0 atom stereocenters. The van der Waals surface area contributed by atoms with E-state index < -0.39 is 0 Å². The number of nitrogens with two attached hydrogens (primary N) is 1. The standard InChI is InChI=1S/C15H14BrN3O2/c1-8-12(7-17)9(2)19(18-8)15(20)14-5-10-3-4-11(16)6-13(10)21-14/h3-6H,7,17H2,1-2H3. The zero-order valence-electron chi connectivity index (χ0n) is 11.7. The summed E-state index contributed by atoms with van der Waals surface area (Å²) >= 11 is 3.38. The van der Waals surface area contributed by atoms with Gasteiger partial charge in [-0.3, -0.25) is 4.79 Å². The topological polar surface area (TPSA) is 74.0 Å². The van der Waals surface area contributed by atoms with Crippen LogP contribution in [0.15, 0.2) is 33.2 Å². The summed E-state index contributed by atoms with van der Waals surface area (Å²) < 4.78 is 7.89. The maximum Gasteiger partial charge on any atom is 0.314 e. The lowest BCUT2D eigenvalue weighted by Gasteiger charge is -2.00. The van der Waals surface area contributed by atoms with Crippen molar-refractivity contribution in [3.05, 3.63) is 51.4 Å². The molecule has 2 aromatic heterocycles. The van der Waals surface area contributed by atoms with Crippen LogP contribution in [0, 0.1) is 13.8 Å². The average Bonchev–Trinajstić information content (AvgIpc) is 2.98. The first kappa shape index (κ1) is 14.0. The number of fused-ring (bicyclic) bond motifs is 1. The number of benzene rings is 1. The van der Waals surface area contributed by atoms with Crippen molar-refractivity contribution in [1.82, 2.24) is 9.78 Å². The van der Waals surface area contributed by atoms with Crippen molar-refractivity contribution in [1.29, 1.82) is 0 Å². The fourth-order valence-electron chi connectivity index (χ4n) is 2.38. The van der Waals surface area contributed by atoms with Crippen molar-refractivity contribution >= 4 is 32.8 Å². The average molecular weight is 348 g/mol. The summed E-state index contributed by atoms with van der Waals surface area (Å²) in [5.74, 6) is -0.0279. The molecule has 0 fully saturated rings. The number of hydrogen-bond acceptors (Lipinski definition) is 4. The smallest absolute Gasteiger partial charge is 0.314 e. The first-order valence-electron chi connectivity index (χ1n) is 6.50. The summed E-state index contributed by atoms with van der Waals surface area (Å²) in [5, 5.41) is 5.14. The van der Waals surface area contributed by atoms with E-state index in [9.17, 15) is 4.79 Å². The van der Waals surface area contributed by atoms with Gasteiger partial charge < -0.3 is 10.2 Å². The molecule has 0 unspecified atom stereocenters. The maximum atomic E-state index is 12.6. The highest BCUT2D eigenvalue weighted by Gasteiger charge is 2.20. The van der Waals surface area contributed by atoms with Gasteiger partial charge in [-0.25, -0.2) is 0 Å². The van der Waals surface area contributed by atoms with E-state index in [0.717, 1.165) is 26.8 Å². The third-order valence-electron chi connectivity index (χ3n) is 3.53. The van der Waals surface area contributed by atoms with Gasteiger partial charge in [-0.05, 0) is 38.1 Å². The Morgan fingerprint density at radius 3 is 2.81 bits per heavy atom. The molecule has 0 amide bonds. The highest BCUT2D eigenvalue weighted by atomic mass is 79.9. The second kappa shape index (κ2) is 5.13. The van der Waals surface area contributed by atoms with E-state index in [1.807, 2.05) is 32.0 Å². The summed E-state index contributed by atoms with van der Waals surface area (Å²) in [6, 6.07) is 7.36. The molecular formula is C15H14BrN3O2. The van der Waals surface area contributed by atoms with Crippen LogP contribution in [0.25, 0.3) is 11.0 Å². The van der Waals surface area contributed by atoms with E-state index in [2.05, 4.69) is 21.0 Å². The van der Waals surface area contributed by atoms with Crippen LogP contribution >= 0.6 is 15.9 Å². The quantitative estimate of drug-likeness (QED) is 0.772. The van der Waals surface area contributed by atoms with Crippen molar-refractivity contribution in [3.8, 4) is 0 Å². The Kier molecular flexibility index (Phi) is 3.43. The Morgan fingerprint density at radius 1 is 1.38 bits per heavy atom. The predicted molar refractivity (Wildman–Crippen MR) is 83.2 cm³/mol. The molecule has 0 saturated carbocycles. The van der Waals surface area contributed by atoms with Crippen LogP contribution in [0.4, 0.5) is 0 Å². The molecule has 0 radical (unpaired) electrons. The van der Waals surface area contributed by atoms with Crippen LogP contribution in [-0.4, -0.2) is 15.7 Å². The van der Waals surface area contributed by atoms with E-state index in [1.54, 1.807) is 6.07 Å². The highest BCUT2D eigenvalue weighted by Crippen LogP contribution is 2.24. The van der Waals surface area contributed by atoms with Gasteiger partial charge in [0.1, 0.15) is 5.58 Å². The maximum absolute atomic E-state index is 12.6. The molecule has 108 valence electrons. The van der Waals surface area contributed by atoms with Gasteiger partial charge in [0.2, 0.25) is 0 Å². The van der Waals surface area contributed by atoms with Gasteiger partial charge in [-0.1, -0.05) is 15.9 Å². The van der Waals surface area contributed by atoms with Crippen molar-refractivity contribution in [2.24, 2.45) is 5.73 Å². The van der Waals surface area contributed by atoms with Crippen LogP contribution in [0.2, 0.25) is 0 Å². The Morgan fingerprint density at radius 2 is 2.14 bits per heavy atom. The molecule has 0 saturated heterocycles.